The smallest absolute Gasteiger partial charge is 0.263 e. The van der Waals surface area contributed by atoms with Crippen molar-refractivity contribution in [3.63, 3.8) is 0 Å². The van der Waals surface area contributed by atoms with Crippen molar-refractivity contribution in [3.05, 3.63) is 70.2 Å². The van der Waals surface area contributed by atoms with Gasteiger partial charge in [-0.25, -0.2) is 5.43 Å². The minimum Gasteiger partial charge on any atom is -0.361 e. The number of nitrogens with zero attached hydrogens (tertiary/aromatic N) is 1. The van der Waals surface area contributed by atoms with Crippen molar-refractivity contribution in [3.8, 4) is 0 Å². The third-order valence-corrected chi connectivity index (χ3v) is 5.84. The van der Waals surface area contributed by atoms with E-state index < -0.39 is 5.91 Å². The Morgan fingerprint density at radius 1 is 1.11 bits per heavy atom. The van der Waals surface area contributed by atoms with Gasteiger partial charge in [0.25, 0.3) is 11.8 Å². The molecule has 0 aliphatic heterocycles. The quantitative estimate of drug-likeness (QED) is 0.344. The van der Waals surface area contributed by atoms with Crippen LogP contribution in [0.4, 0.5) is 0 Å². The van der Waals surface area contributed by atoms with Crippen LogP contribution in [-0.2, 0) is 4.79 Å². The highest BCUT2D eigenvalue weighted by atomic mass is 35.5. The molecule has 8 heteroatoms. The molecule has 0 saturated carbocycles. The predicted molar refractivity (Wildman–Crippen MR) is 113 cm³/mol. The zero-order chi connectivity index (χ0) is 19.5. The number of fused-ring (bicyclic) bond motifs is 2. The van der Waals surface area contributed by atoms with Gasteiger partial charge in [0.15, 0.2) is 0 Å². The van der Waals surface area contributed by atoms with Gasteiger partial charge in [-0.15, -0.1) is 11.3 Å². The number of carbonyl (C=O) groups excluding carboxylic acids is 2. The van der Waals surface area contributed by atoms with Crippen LogP contribution in [-0.4, -0.2) is 29.6 Å². The van der Waals surface area contributed by atoms with Crippen LogP contribution in [0.3, 0.4) is 0 Å². The van der Waals surface area contributed by atoms with E-state index in [1.54, 1.807) is 6.21 Å². The summed E-state index contributed by atoms with van der Waals surface area (Å²) in [6.45, 7) is -0.200. The highest BCUT2D eigenvalue weighted by molar-refractivity contribution is 7.21. The van der Waals surface area contributed by atoms with E-state index >= 15 is 0 Å². The Bertz CT molecular complexity index is 1210. The van der Waals surface area contributed by atoms with Gasteiger partial charge >= 0.3 is 0 Å². The van der Waals surface area contributed by atoms with Crippen molar-refractivity contribution in [2.24, 2.45) is 5.10 Å². The molecule has 2 aromatic carbocycles. The molecule has 3 N–H and O–H groups in total. The summed E-state index contributed by atoms with van der Waals surface area (Å²) in [5.41, 5.74) is 4.25. The second kappa shape index (κ2) is 7.84. The van der Waals surface area contributed by atoms with Gasteiger partial charge < -0.3 is 10.3 Å². The van der Waals surface area contributed by atoms with Gasteiger partial charge in [0.1, 0.15) is 4.88 Å². The van der Waals surface area contributed by atoms with Crippen molar-refractivity contribution in [1.29, 1.82) is 0 Å². The third kappa shape index (κ3) is 3.62. The number of carbonyl (C=O) groups is 2. The topological polar surface area (TPSA) is 86.3 Å². The average molecular weight is 411 g/mol. The van der Waals surface area contributed by atoms with Gasteiger partial charge in [-0.05, 0) is 12.1 Å². The number of amides is 2. The molecule has 140 valence electrons. The summed E-state index contributed by atoms with van der Waals surface area (Å²) in [6, 6.07) is 15.3. The molecule has 2 aromatic heterocycles. The molecular formula is C20H15ClN4O2S. The summed E-state index contributed by atoms with van der Waals surface area (Å²) >= 11 is 7.57. The van der Waals surface area contributed by atoms with Crippen LogP contribution in [0.25, 0.3) is 21.0 Å². The van der Waals surface area contributed by atoms with Gasteiger partial charge in [-0.3, -0.25) is 9.59 Å². The predicted octanol–water partition coefficient (Wildman–Crippen LogP) is 3.92. The zero-order valence-corrected chi connectivity index (χ0v) is 16.1. The van der Waals surface area contributed by atoms with Crippen molar-refractivity contribution in [1.82, 2.24) is 15.7 Å². The summed E-state index contributed by atoms with van der Waals surface area (Å²) in [4.78, 5) is 27.8. The van der Waals surface area contributed by atoms with E-state index in [9.17, 15) is 9.59 Å². The van der Waals surface area contributed by atoms with E-state index in [2.05, 4.69) is 20.8 Å². The maximum Gasteiger partial charge on any atom is 0.263 e. The summed E-state index contributed by atoms with van der Waals surface area (Å²) < 4.78 is 0.922. The number of aromatic amines is 1. The lowest BCUT2D eigenvalue weighted by Crippen LogP contribution is -2.34. The molecule has 0 atom stereocenters. The van der Waals surface area contributed by atoms with E-state index in [1.165, 1.54) is 11.3 Å². The lowest BCUT2D eigenvalue weighted by Gasteiger charge is -2.02. The lowest BCUT2D eigenvalue weighted by molar-refractivity contribution is -0.120. The molecular weight excluding hydrogens is 396 g/mol. The van der Waals surface area contributed by atoms with E-state index in [1.807, 2.05) is 54.7 Å². The SMILES string of the molecule is O=C(CNC(=O)c1sc2ccccc2c1Cl)N/N=C\c1c[nH]c2ccccc12. The molecule has 0 aliphatic carbocycles. The largest absolute Gasteiger partial charge is 0.361 e. The molecule has 0 aliphatic rings. The first-order valence-corrected chi connectivity index (χ1v) is 9.66. The zero-order valence-electron chi connectivity index (χ0n) is 14.5. The number of hydrogen-bond donors (Lipinski definition) is 3. The van der Waals surface area contributed by atoms with Gasteiger partial charge in [-0.1, -0.05) is 48.0 Å². The average Bonchev–Trinajstić information content (AvgIpc) is 3.28. The monoisotopic (exact) mass is 410 g/mol. The number of halogens is 1. The van der Waals surface area contributed by atoms with E-state index in [0.29, 0.717) is 9.90 Å². The normalized spacial score (nSPS) is 11.3. The Labute approximate surface area is 169 Å². The number of para-hydroxylation sites is 1. The van der Waals surface area contributed by atoms with Crippen LogP contribution in [0.5, 0.6) is 0 Å². The minimum absolute atomic E-state index is 0.200. The number of nitrogens with one attached hydrogen (secondary N) is 3. The molecule has 0 spiro atoms. The Balaban J connectivity index is 1.35. The molecule has 6 nitrogen and oxygen atoms in total. The summed E-state index contributed by atoms with van der Waals surface area (Å²) in [7, 11) is 0. The molecule has 4 aromatic rings. The lowest BCUT2D eigenvalue weighted by atomic mass is 10.2. The van der Waals surface area contributed by atoms with Crippen LogP contribution < -0.4 is 10.7 Å². The molecule has 2 heterocycles. The number of H-pyrrole nitrogens is 1. The number of thiophene rings is 1. The fourth-order valence-electron chi connectivity index (χ4n) is 2.82. The molecule has 0 bridgehead atoms. The standard InChI is InChI=1S/C20H15ClN4O2S/c21-18-14-6-2-4-8-16(14)28-19(18)20(27)23-11-17(26)25-24-10-12-9-22-15-7-3-1-5-13(12)15/h1-10,22H,11H2,(H,23,27)(H,25,26)/b24-10-. The number of hydrazone groups is 1. The van der Waals surface area contributed by atoms with Crippen molar-refractivity contribution >= 4 is 62.0 Å². The molecule has 0 unspecified atom stereocenters. The fourth-order valence-corrected chi connectivity index (χ4v) is 4.25. The minimum atomic E-state index is -0.429. The molecule has 0 saturated heterocycles. The van der Waals surface area contributed by atoms with Crippen molar-refractivity contribution in [2.45, 2.75) is 0 Å². The number of benzene rings is 2. The number of aromatic nitrogens is 1. The van der Waals surface area contributed by atoms with Crippen molar-refractivity contribution in [2.75, 3.05) is 6.54 Å². The van der Waals surface area contributed by atoms with Crippen molar-refractivity contribution < 1.29 is 9.59 Å². The Morgan fingerprint density at radius 2 is 1.86 bits per heavy atom. The third-order valence-electron chi connectivity index (χ3n) is 4.16. The molecule has 2 amide bonds. The fraction of sp³-hybridized carbons (Fsp3) is 0.0500. The summed E-state index contributed by atoms with van der Waals surface area (Å²) in [5.74, 6) is -0.816. The second-order valence-corrected chi connectivity index (χ2v) is 7.44. The molecule has 0 fully saturated rings. The van der Waals surface area contributed by atoms with E-state index in [0.717, 1.165) is 26.6 Å². The summed E-state index contributed by atoms with van der Waals surface area (Å²) in [5, 5.41) is 8.75. The first kappa shape index (κ1) is 18.2. The van der Waals surface area contributed by atoms with E-state index in [-0.39, 0.29) is 12.5 Å². The Morgan fingerprint density at radius 3 is 2.68 bits per heavy atom. The van der Waals surface area contributed by atoms with Crippen LogP contribution in [0.2, 0.25) is 5.02 Å². The first-order chi connectivity index (χ1) is 13.6. The van der Waals surface area contributed by atoms with Gasteiger partial charge in [-0.2, -0.15) is 5.10 Å². The highest BCUT2D eigenvalue weighted by Gasteiger charge is 2.17. The van der Waals surface area contributed by atoms with Gasteiger partial charge in [0, 0.05) is 32.7 Å². The molecule has 28 heavy (non-hydrogen) atoms. The van der Waals surface area contributed by atoms with Crippen LogP contribution in [0.15, 0.2) is 59.8 Å². The Hall–Kier alpha value is -3.16. The van der Waals surface area contributed by atoms with Crippen LogP contribution >= 0.6 is 22.9 Å². The number of hydrogen-bond acceptors (Lipinski definition) is 4. The highest BCUT2D eigenvalue weighted by Crippen LogP contribution is 2.34. The molecule has 4 rings (SSSR count). The summed E-state index contributed by atoms with van der Waals surface area (Å²) in [6.07, 6.45) is 3.37. The Kier molecular flexibility index (Phi) is 5.10. The number of rotatable bonds is 5. The maximum absolute atomic E-state index is 12.3. The van der Waals surface area contributed by atoms with Gasteiger partial charge in [0.2, 0.25) is 0 Å². The second-order valence-electron chi connectivity index (χ2n) is 6.01. The maximum atomic E-state index is 12.3. The van der Waals surface area contributed by atoms with Crippen LogP contribution in [0.1, 0.15) is 15.2 Å². The van der Waals surface area contributed by atoms with Crippen LogP contribution in [0, 0.1) is 0 Å². The first-order valence-electron chi connectivity index (χ1n) is 8.47. The van der Waals surface area contributed by atoms with Gasteiger partial charge in [0.05, 0.1) is 17.8 Å². The molecule has 0 radical (unpaired) electrons. The van der Waals surface area contributed by atoms with E-state index in [4.69, 9.17) is 11.6 Å².